The first kappa shape index (κ1) is 14.0. The van der Waals surface area contributed by atoms with Crippen LogP contribution in [0.3, 0.4) is 0 Å². The number of hydrogen-bond donors (Lipinski definition) is 2. The quantitative estimate of drug-likeness (QED) is 0.889. The zero-order chi connectivity index (χ0) is 14.7. The number of nitrogens with one attached hydrogen (secondary N) is 1. The summed E-state index contributed by atoms with van der Waals surface area (Å²) in [5, 5.41) is 3.22. The Morgan fingerprint density at radius 3 is 2.45 bits per heavy atom. The van der Waals surface area contributed by atoms with Crippen molar-refractivity contribution in [1.29, 1.82) is 0 Å². The highest BCUT2D eigenvalue weighted by molar-refractivity contribution is 5.60. The zero-order valence-electron chi connectivity index (χ0n) is 12.3. The van der Waals surface area contributed by atoms with Crippen molar-refractivity contribution in [2.45, 2.75) is 19.8 Å². The van der Waals surface area contributed by atoms with Gasteiger partial charge in [0.2, 0.25) is 17.8 Å². The van der Waals surface area contributed by atoms with E-state index in [0.29, 0.717) is 17.8 Å². The summed E-state index contributed by atoms with van der Waals surface area (Å²) in [5.74, 6) is 1.59. The van der Waals surface area contributed by atoms with Crippen molar-refractivity contribution in [2.75, 3.05) is 30.0 Å². The summed E-state index contributed by atoms with van der Waals surface area (Å²) in [5.41, 5.74) is 7.91. The summed E-state index contributed by atoms with van der Waals surface area (Å²) >= 11 is 0. The van der Waals surface area contributed by atoms with Gasteiger partial charge in [-0.2, -0.15) is 15.0 Å². The van der Waals surface area contributed by atoms with Crippen LogP contribution in [-0.2, 0) is 0 Å². The van der Waals surface area contributed by atoms with Crippen molar-refractivity contribution in [3.63, 3.8) is 0 Å². The fourth-order valence-corrected chi connectivity index (χ4v) is 1.87. The highest BCUT2D eigenvalue weighted by atomic mass is 15.3. The fourth-order valence-electron chi connectivity index (χ4n) is 1.87. The van der Waals surface area contributed by atoms with E-state index in [0.717, 1.165) is 5.69 Å². The van der Waals surface area contributed by atoms with E-state index >= 15 is 0 Å². The van der Waals surface area contributed by atoms with Crippen LogP contribution >= 0.6 is 0 Å². The van der Waals surface area contributed by atoms with Crippen LogP contribution in [0.15, 0.2) is 24.3 Å². The number of para-hydroxylation sites is 1. The second-order valence-corrected chi connectivity index (χ2v) is 5.08. The van der Waals surface area contributed by atoms with Gasteiger partial charge in [-0.25, -0.2) is 0 Å². The third-order valence-corrected chi connectivity index (χ3v) is 2.87. The van der Waals surface area contributed by atoms with E-state index in [1.165, 1.54) is 5.56 Å². The molecule has 2 aromatic rings. The number of nitrogen functional groups attached to an aromatic ring is 1. The number of hydrogen-bond acceptors (Lipinski definition) is 6. The number of anilines is 4. The van der Waals surface area contributed by atoms with Crippen LogP contribution in [-0.4, -0.2) is 29.0 Å². The van der Waals surface area contributed by atoms with E-state index in [2.05, 4.69) is 40.2 Å². The molecule has 0 saturated heterocycles. The van der Waals surface area contributed by atoms with Crippen molar-refractivity contribution in [3.05, 3.63) is 29.8 Å². The van der Waals surface area contributed by atoms with Crippen molar-refractivity contribution >= 4 is 23.5 Å². The van der Waals surface area contributed by atoms with E-state index in [-0.39, 0.29) is 5.95 Å². The SMILES string of the molecule is CC(C)c1ccccc1Nc1nc(N)nc(N(C)C)n1. The monoisotopic (exact) mass is 272 g/mol. The molecule has 1 heterocycles. The van der Waals surface area contributed by atoms with Gasteiger partial charge in [0.1, 0.15) is 0 Å². The maximum absolute atomic E-state index is 5.72. The molecule has 0 fully saturated rings. The predicted molar refractivity (Wildman–Crippen MR) is 82.4 cm³/mol. The Balaban J connectivity index is 2.35. The minimum Gasteiger partial charge on any atom is -0.368 e. The molecule has 0 aliphatic heterocycles. The van der Waals surface area contributed by atoms with E-state index in [4.69, 9.17) is 5.73 Å². The summed E-state index contributed by atoms with van der Waals surface area (Å²) in [7, 11) is 3.72. The maximum atomic E-state index is 5.72. The first-order chi connectivity index (χ1) is 9.47. The third-order valence-electron chi connectivity index (χ3n) is 2.87. The molecule has 2 rings (SSSR count). The molecule has 6 heteroatoms. The van der Waals surface area contributed by atoms with Gasteiger partial charge in [-0.15, -0.1) is 0 Å². The topological polar surface area (TPSA) is 80.0 Å². The highest BCUT2D eigenvalue weighted by Gasteiger charge is 2.10. The molecule has 106 valence electrons. The summed E-state index contributed by atoms with van der Waals surface area (Å²) < 4.78 is 0. The highest BCUT2D eigenvalue weighted by Crippen LogP contribution is 2.26. The molecule has 1 aromatic carbocycles. The molecule has 20 heavy (non-hydrogen) atoms. The lowest BCUT2D eigenvalue weighted by atomic mass is 10.0. The van der Waals surface area contributed by atoms with Gasteiger partial charge < -0.3 is 16.0 Å². The molecule has 0 unspecified atom stereocenters. The van der Waals surface area contributed by atoms with E-state index in [1.54, 1.807) is 4.90 Å². The molecule has 0 bridgehead atoms. The number of aromatic nitrogens is 3. The number of nitrogens with two attached hydrogens (primary N) is 1. The van der Waals surface area contributed by atoms with Gasteiger partial charge in [0.25, 0.3) is 0 Å². The molecular weight excluding hydrogens is 252 g/mol. The Bertz CT molecular complexity index is 594. The van der Waals surface area contributed by atoms with Crippen molar-refractivity contribution in [2.24, 2.45) is 0 Å². The van der Waals surface area contributed by atoms with Gasteiger partial charge in [0, 0.05) is 19.8 Å². The van der Waals surface area contributed by atoms with Crippen LogP contribution in [0.25, 0.3) is 0 Å². The van der Waals surface area contributed by atoms with Gasteiger partial charge in [0.05, 0.1) is 0 Å². The standard InChI is InChI=1S/C14H20N6/c1-9(2)10-7-5-6-8-11(10)16-13-17-12(15)18-14(19-13)20(3)4/h5-9H,1-4H3,(H3,15,16,17,18,19). The zero-order valence-corrected chi connectivity index (χ0v) is 12.3. The van der Waals surface area contributed by atoms with Crippen LogP contribution in [0, 0.1) is 0 Å². The average molecular weight is 272 g/mol. The summed E-state index contributed by atoms with van der Waals surface area (Å²) in [6, 6.07) is 8.09. The number of rotatable bonds is 4. The van der Waals surface area contributed by atoms with Crippen LogP contribution < -0.4 is 16.0 Å². The normalized spacial score (nSPS) is 10.7. The van der Waals surface area contributed by atoms with Gasteiger partial charge >= 0.3 is 0 Å². The molecule has 0 aliphatic rings. The lowest BCUT2D eigenvalue weighted by Crippen LogP contribution is -2.16. The Labute approximate surface area is 119 Å². The average Bonchev–Trinajstić information content (AvgIpc) is 2.38. The third kappa shape index (κ3) is 3.14. The van der Waals surface area contributed by atoms with E-state index in [1.807, 2.05) is 32.3 Å². The van der Waals surface area contributed by atoms with Crippen LogP contribution in [0.4, 0.5) is 23.5 Å². The minimum atomic E-state index is 0.202. The Kier molecular flexibility index (Phi) is 4.02. The molecule has 0 radical (unpaired) electrons. The first-order valence-corrected chi connectivity index (χ1v) is 6.52. The molecule has 0 aliphatic carbocycles. The maximum Gasteiger partial charge on any atom is 0.233 e. The molecule has 0 saturated carbocycles. The minimum absolute atomic E-state index is 0.202. The smallest absolute Gasteiger partial charge is 0.233 e. The number of benzene rings is 1. The van der Waals surface area contributed by atoms with Gasteiger partial charge in [-0.05, 0) is 17.5 Å². The molecule has 0 spiro atoms. The molecule has 1 aromatic heterocycles. The van der Waals surface area contributed by atoms with Crippen molar-refractivity contribution in [3.8, 4) is 0 Å². The van der Waals surface area contributed by atoms with E-state index < -0.39 is 0 Å². The molecular formula is C14H20N6. The van der Waals surface area contributed by atoms with Gasteiger partial charge in [-0.3, -0.25) is 0 Å². The Morgan fingerprint density at radius 1 is 1.10 bits per heavy atom. The number of nitrogens with zero attached hydrogens (tertiary/aromatic N) is 4. The molecule has 0 amide bonds. The lowest BCUT2D eigenvalue weighted by Gasteiger charge is -2.15. The van der Waals surface area contributed by atoms with Crippen LogP contribution in [0.1, 0.15) is 25.3 Å². The van der Waals surface area contributed by atoms with Crippen molar-refractivity contribution in [1.82, 2.24) is 15.0 Å². The van der Waals surface area contributed by atoms with Crippen LogP contribution in [0.5, 0.6) is 0 Å². The summed E-state index contributed by atoms with van der Waals surface area (Å²) in [6.45, 7) is 4.29. The van der Waals surface area contributed by atoms with Crippen LogP contribution in [0.2, 0.25) is 0 Å². The summed E-state index contributed by atoms with van der Waals surface area (Å²) in [4.78, 5) is 14.3. The Hall–Kier alpha value is -2.37. The lowest BCUT2D eigenvalue weighted by molar-refractivity contribution is 0.868. The Morgan fingerprint density at radius 2 is 1.80 bits per heavy atom. The molecule has 6 nitrogen and oxygen atoms in total. The van der Waals surface area contributed by atoms with Gasteiger partial charge in [0.15, 0.2) is 0 Å². The second-order valence-electron chi connectivity index (χ2n) is 5.08. The summed E-state index contributed by atoms with van der Waals surface area (Å²) in [6.07, 6.45) is 0. The largest absolute Gasteiger partial charge is 0.368 e. The predicted octanol–water partition coefficient (Wildman–Crippen LogP) is 2.39. The molecule has 0 atom stereocenters. The van der Waals surface area contributed by atoms with E-state index in [9.17, 15) is 0 Å². The van der Waals surface area contributed by atoms with Crippen molar-refractivity contribution < 1.29 is 0 Å². The second kappa shape index (κ2) is 5.73. The first-order valence-electron chi connectivity index (χ1n) is 6.52. The van der Waals surface area contributed by atoms with Gasteiger partial charge in [-0.1, -0.05) is 32.0 Å². The fraction of sp³-hybridized carbons (Fsp3) is 0.357. The molecule has 3 N–H and O–H groups in total.